The Labute approximate surface area is 105 Å². The Morgan fingerprint density at radius 3 is 2.65 bits per heavy atom. The van der Waals surface area contributed by atoms with E-state index in [4.69, 9.17) is 5.11 Å². The molecule has 1 aliphatic rings. The molecular weight excluding hydrogens is 236 g/mol. The second kappa shape index (κ2) is 5.04. The van der Waals surface area contributed by atoms with Gasteiger partial charge in [0.2, 0.25) is 0 Å². The zero-order valence-electron chi connectivity index (χ0n) is 10.2. The lowest BCUT2D eigenvalue weighted by Crippen LogP contribution is -2.25. The van der Waals surface area contributed by atoms with E-state index in [0.29, 0.717) is 17.3 Å². The zero-order chi connectivity index (χ0) is 12.4. The molecular formula is C12H18N2O2S. The topological polar surface area (TPSA) is 62.2 Å². The van der Waals surface area contributed by atoms with E-state index in [9.17, 15) is 4.79 Å². The van der Waals surface area contributed by atoms with Crippen molar-refractivity contribution >= 4 is 22.5 Å². The molecule has 0 aliphatic heterocycles. The number of aryl methyl sites for hydroxylation is 1. The largest absolute Gasteiger partial charge is 0.478 e. The predicted octanol–water partition coefficient (Wildman–Crippen LogP) is 3.14. The van der Waals surface area contributed by atoms with Gasteiger partial charge >= 0.3 is 5.97 Å². The molecule has 0 saturated heterocycles. The van der Waals surface area contributed by atoms with E-state index in [0.717, 1.165) is 23.8 Å². The van der Waals surface area contributed by atoms with Crippen LogP contribution in [0.1, 0.15) is 48.7 Å². The van der Waals surface area contributed by atoms with Crippen LogP contribution in [0.4, 0.5) is 5.00 Å². The lowest BCUT2D eigenvalue weighted by molar-refractivity contribution is 0.0697. The maximum atomic E-state index is 11.1. The highest BCUT2D eigenvalue weighted by Crippen LogP contribution is 2.30. The number of carboxylic acid groups (broad SMARTS) is 1. The SMILES string of the molecule is Cc1nsc(NC2CCC(C)CC2)c1C(=O)O. The Morgan fingerprint density at radius 1 is 1.41 bits per heavy atom. The molecule has 1 aromatic rings. The summed E-state index contributed by atoms with van der Waals surface area (Å²) in [6.07, 6.45) is 4.68. The number of rotatable bonds is 3. The minimum atomic E-state index is -0.886. The van der Waals surface area contributed by atoms with Gasteiger partial charge in [-0.2, -0.15) is 4.37 Å². The van der Waals surface area contributed by atoms with Crippen molar-refractivity contribution in [2.24, 2.45) is 5.92 Å². The summed E-state index contributed by atoms with van der Waals surface area (Å²) in [5.41, 5.74) is 0.947. The van der Waals surface area contributed by atoms with Gasteiger partial charge in [-0.1, -0.05) is 6.92 Å². The first-order valence-corrected chi connectivity index (χ1v) is 6.81. The molecule has 2 N–H and O–H groups in total. The molecule has 94 valence electrons. The van der Waals surface area contributed by atoms with Crippen LogP contribution in [0.25, 0.3) is 0 Å². The number of nitrogens with one attached hydrogen (secondary N) is 1. The van der Waals surface area contributed by atoms with Gasteiger partial charge in [0.25, 0.3) is 0 Å². The quantitative estimate of drug-likeness (QED) is 0.870. The van der Waals surface area contributed by atoms with Crippen molar-refractivity contribution in [2.75, 3.05) is 5.32 Å². The molecule has 0 radical (unpaired) electrons. The van der Waals surface area contributed by atoms with Gasteiger partial charge in [0.05, 0.1) is 5.69 Å². The second-order valence-electron chi connectivity index (χ2n) is 4.88. The highest BCUT2D eigenvalue weighted by molar-refractivity contribution is 7.10. The van der Waals surface area contributed by atoms with Gasteiger partial charge in [-0.15, -0.1) is 0 Å². The van der Waals surface area contributed by atoms with E-state index in [2.05, 4.69) is 16.6 Å². The molecule has 0 unspecified atom stereocenters. The molecule has 0 amide bonds. The van der Waals surface area contributed by atoms with Crippen LogP contribution >= 0.6 is 11.5 Å². The summed E-state index contributed by atoms with van der Waals surface area (Å²) >= 11 is 1.26. The van der Waals surface area contributed by atoms with Gasteiger partial charge in [0.15, 0.2) is 0 Å². The van der Waals surface area contributed by atoms with E-state index in [1.165, 1.54) is 24.4 Å². The van der Waals surface area contributed by atoms with E-state index < -0.39 is 5.97 Å². The average molecular weight is 254 g/mol. The fourth-order valence-electron chi connectivity index (χ4n) is 2.31. The number of aromatic nitrogens is 1. The summed E-state index contributed by atoms with van der Waals surface area (Å²) in [6.45, 7) is 4.02. The van der Waals surface area contributed by atoms with Gasteiger partial charge in [-0.25, -0.2) is 4.79 Å². The van der Waals surface area contributed by atoms with Crippen LogP contribution in [0, 0.1) is 12.8 Å². The first-order chi connectivity index (χ1) is 8.08. The minimum Gasteiger partial charge on any atom is -0.478 e. The molecule has 0 bridgehead atoms. The minimum absolute atomic E-state index is 0.341. The number of aromatic carboxylic acids is 1. The summed E-state index contributed by atoms with van der Waals surface area (Å²) in [4.78, 5) is 11.1. The van der Waals surface area contributed by atoms with Crippen LogP contribution in [0.15, 0.2) is 0 Å². The molecule has 17 heavy (non-hydrogen) atoms. The molecule has 1 heterocycles. The Morgan fingerprint density at radius 2 is 2.06 bits per heavy atom. The third kappa shape index (κ3) is 2.77. The first-order valence-electron chi connectivity index (χ1n) is 6.04. The number of hydrogen-bond donors (Lipinski definition) is 2. The summed E-state index contributed by atoms with van der Waals surface area (Å²) in [5.74, 6) is -0.0851. The van der Waals surface area contributed by atoms with Crippen molar-refractivity contribution in [3.63, 3.8) is 0 Å². The van der Waals surface area contributed by atoms with Crippen molar-refractivity contribution in [3.8, 4) is 0 Å². The van der Waals surface area contributed by atoms with Crippen molar-refractivity contribution in [1.82, 2.24) is 4.37 Å². The van der Waals surface area contributed by atoms with Crippen molar-refractivity contribution in [2.45, 2.75) is 45.6 Å². The number of carboxylic acids is 1. The third-order valence-corrected chi connectivity index (χ3v) is 4.30. The summed E-state index contributed by atoms with van der Waals surface area (Å²) in [6, 6.07) is 0.407. The number of nitrogens with zero attached hydrogens (tertiary/aromatic N) is 1. The number of carbonyl (C=O) groups is 1. The van der Waals surface area contributed by atoms with E-state index in [-0.39, 0.29) is 0 Å². The van der Waals surface area contributed by atoms with Crippen LogP contribution in [0.5, 0.6) is 0 Å². The van der Waals surface area contributed by atoms with Crippen LogP contribution < -0.4 is 5.32 Å². The lowest BCUT2D eigenvalue weighted by Gasteiger charge is -2.27. The monoisotopic (exact) mass is 254 g/mol. The highest BCUT2D eigenvalue weighted by atomic mass is 32.1. The van der Waals surface area contributed by atoms with Crippen molar-refractivity contribution < 1.29 is 9.90 Å². The van der Waals surface area contributed by atoms with Crippen molar-refractivity contribution in [3.05, 3.63) is 11.3 Å². The van der Waals surface area contributed by atoms with Crippen molar-refractivity contribution in [1.29, 1.82) is 0 Å². The molecule has 2 rings (SSSR count). The van der Waals surface area contributed by atoms with Gasteiger partial charge < -0.3 is 10.4 Å². The molecule has 0 aromatic carbocycles. The van der Waals surface area contributed by atoms with Crippen LogP contribution in [-0.2, 0) is 0 Å². The van der Waals surface area contributed by atoms with E-state index in [1.54, 1.807) is 6.92 Å². The predicted molar refractivity (Wildman–Crippen MR) is 68.9 cm³/mol. The average Bonchev–Trinajstić information content (AvgIpc) is 2.63. The van der Waals surface area contributed by atoms with Crippen LogP contribution in [0.3, 0.4) is 0 Å². The van der Waals surface area contributed by atoms with Crippen LogP contribution in [0.2, 0.25) is 0 Å². The van der Waals surface area contributed by atoms with Gasteiger partial charge in [0.1, 0.15) is 10.6 Å². The maximum absolute atomic E-state index is 11.1. The Hall–Kier alpha value is -1.10. The molecule has 1 aliphatic carbocycles. The van der Waals surface area contributed by atoms with Gasteiger partial charge in [-0.3, -0.25) is 0 Å². The molecule has 0 spiro atoms. The zero-order valence-corrected chi connectivity index (χ0v) is 11.0. The summed E-state index contributed by atoms with van der Waals surface area (Å²) in [5, 5.41) is 13.2. The molecule has 0 atom stereocenters. The summed E-state index contributed by atoms with van der Waals surface area (Å²) in [7, 11) is 0. The molecule has 1 aromatic heterocycles. The smallest absolute Gasteiger partial charge is 0.340 e. The standard InChI is InChI=1S/C12H18N2O2S/c1-7-3-5-9(6-4-7)13-11-10(12(15)16)8(2)14-17-11/h7,9,13H,3-6H2,1-2H3,(H,15,16). The van der Waals surface area contributed by atoms with Gasteiger partial charge in [0, 0.05) is 6.04 Å². The normalized spacial score (nSPS) is 24.6. The number of anilines is 1. The fraction of sp³-hybridized carbons (Fsp3) is 0.667. The lowest BCUT2D eigenvalue weighted by atomic mass is 9.87. The Balaban J connectivity index is 2.06. The fourth-order valence-corrected chi connectivity index (χ4v) is 3.18. The van der Waals surface area contributed by atoms with Crippen LogP contribution in [-0.4, -0.2) is 21.5 Å². The van der Waals surface area contributed by atoms with E-state index >= 15 is 0 Å². The molecule has 4 nitrogen and oxygen atoms in total. The molecule has 5 heteroatoms. The second-order valence-corrected chi connectivity index (χ2v) is 5.65. The first kappa shape index (κ1) is 12.4. The van der Waals surface area contributed by atoms with E-state index in [1.807, 2.05) is 0 Å². The summed E-state index contributed by atoms with van der Waals surface area (Å²) < 4.78 is 4.12. The Kier molecular flexibility index (Phi) is 3.66. The number of hydrogen-bond acceptors (Lipinski definition) is 4. The highest BCUT2D eigenvalue weighted by Gasteiger charge is 2.22. The Bertz CT molecular complexity index is 409. The molecule has 1 saturated carbocycles. The van der Waals surface area contributed by atoms with Gasteiger partial charge in [-0.05, 0) is 50.1 Å². The molecule has 1 fully saturated rings. The maximum Gasteiger partial charge on any atom is 0.340 e. The third-order valence-electron chi connectivity index (χ3n) is 3.43.